The third-order valence-electron chi connectivity index (χ3n) is 2.27. The van der Waals surface area contributed by atoms with E-state index in [1.54, 1.807) is 24.3 Å². The van der Waals surface area contributed by atoms with Gasteiger partial charge < -0.3 is 5.11 Å². The number of carboxylic acids is 1. The minimum Gasteiger partial charge on any atom is -0.480 e. The van der Waals surface area contributed by atoms with Gasteiger partial charge in [-0.2, -0.15) is 5.53 Å². The van der Waals surface area contributed by atoms with E-state index in [2.05, 4.69) is 28.2 Å². The highest BCUT2D eigenvalue weighted by atomic mass is 35.5. The minimum atomic E-state index is -0.960. The number of hydrazine groups is 2. The predicted octanol–water partition coefficient (Wildman–Crippen LogP) is 0.126. The lowest BCUT2D eigenvalue weighted by atomic mass is 10.1. The van der Waals surface area contributed by atoms with E-state index in [1.165, 1.54) is 0 Å². The highest BCUT2D eigenvalue weighted by Crippen LogP contribution is 2.08. The maximum atomic E-state index is 10.8. The molecule has 1 aromatic rings. The first-order valence-electron chi connectivity index (χ1n) is 4.93. The third-order valence-corrected chi connectivity index (χ3v) is 2.52. The van der Waals surface area contributed by atoms with Gasteiger partial charge in [-0.15, -0.1) is 0 Å². The Kier molecular flexibility index (Phi) is 3.61. The summed E-state index contributed by atoms with van der Waals surface area (Å²) in [5.74, 6) is 4.76. The average molecular weight is 252 g/mol. The van der Waals surface area contributed by atoms with Gasteiger partial charge in [0.25, 0.3) is 0 Å². The van der Waals surface area contributed by atoms with Crippen molar-refractivity contribution in [2.75, 3.05) is 0 Å². The monoisotopic (exact) mass is 251 g/mol. The van der Waals surface area contributed by atoms with E-state index in [1.807, 2.05) is 0 Å². The molecule has 0 saturated carbocycles. The van der Waals surface area contributed by atoms with Crippen molar-refractivity contribution in [2.24, 2.45) is 0 Å². The second-order valence-corrected chi connectivity index (χ2v) is 3.92. The van der Waals surface area contributed by atoms with E-state index < -0.39 is 18.1 Å². The Morgan fingerprint density at radius 1 is 1.29 bits per heavy atom. The maximum absolute atomic E-state index is 10.8. The van der Waals surface area contributed by atoms with Crippen molar-refractivity contribution >= 4 is 17.6 Å². The molecule has 0 aliphatic carbocycles. The SMILES string of the molecule is O=C(O)C1NNNC1C#Cc1ccc(Cl)cc1. The zero-order chi connectivity index (χ0) is 12.3. The van der Waals surface area contributed by atoms with E-state index in [0.29, 0.717) is 5.02 Å². The highest BCUT2D eigenvalue weighted by Gasteiger charge is 2.31. The molecule has 1 aromatic carbocycles. The number of carbonyl (C=O) groups is 1. The molecule has 2 atom stereocenters. The molecule has 5 nitrogen and oxygen atoms in total. The van der Waals surface area contributed by atoms with Crippen LogP contribution in [0.3, 0.4) is 0 Å². The van der Waals surface area contributed by atoms with Crippen LogP contribution in [0.1, 0.15) is 5.56 Å². The molecule has 1 fully saturated rings. The smallest absolute Gasteiger partial charge is 0.324 e. The number of halogens is 1. The molecule has 17 heavy (non-hydrogen) atoms. The average Bonchev–Trinajstić information content (AvgIpc) is 2.76. The Balaban J connectivity index is 2.10. The summed E-state index contributed by atoms with van der Waals surface area (Å²) in [6, 6.07) is 5.78. The summed E-state index contributed by atoms with van der Waals surface area (Å²) in [6.07, 6.45) is 0. The van der Waals surface area contributed by atoms with Gasteiger partial charge in [-0.05, 0) is 24.3 Å². The highest BCUT2D eigenvalue weighted by molar-refractivity contribution is 6.30. The fraction of sp³-hybridized carbons (Fsp3) is 0.182. The summed E-state index contributed by atoms with van der Waals surface area (Å²) in [5.41, 5.74) is 8.62. The summed E-state index contributed by atoms with van der Waals surface area (Å²) < 4.78 is 0. The van der Waals surface area contributed by atoms with E-state index in [-0.39, 0.29) is 0 Å². The zero-order valence-corrected chi connectivity index (χ0v) is 9.45. The van der Waals surface area contributed by atoms with Crippen molar-refractivity contribution in [1.29, 1.82) is 0 Å². The van der Waals surface area contributed by atoms with Gasteiger partial charge >= 0.3 is 5.97 Å². The Bertz CT molecular complexity index is 478. The van der Waals surface area contributed by atoms with Gasteiger partial charge in [0, 0.05) is 10.6 Å². The molecular formula is C11H10ClN3O2. The van der Waals surface area contributed by atoms with Crippen LogP contribution in [0.4, 0.5) is 0 Å². The minimum absolute atomic E-state index is 0.483. The van der Waals surface area contributed by atoms with Crippen LogP contribution in [0, 0.1) is 11.8 Å². The summed E-state index contributed by atoms with van der Waals surface area (Å²) in [4.78, 5) is 10.8. The lowest BCUT2D eigenvalue weighted by Gasteiger charge is -2.05. The zero-order valence-electron chi connectivity index (χ0n) is 8.70. The van der Waals surface area contributed by atoms with Gasteiger partial charge in [-0.1, -0.05) is 23.4 Å². The van der Waals surface area contributed by atoms with Gasteiger partial charge in [0.1, 0.15) is 12.1 Å². The van der Waals surface area contributed by atoms with Gasteiger partial charge in [0.05, 0.1) is 0 Å². The first-order valence-corrected chi connectivity index (χ1v) is 5.30. The molecular weight excluding hydrogens is 242 g/mol. The molecule has 1 heterocycles. The molecule has 0 amide bonds. The fourth-order valence-electron chi connectivity index (χ4n) is 1.38. The second-order valence-electron chi connectivity index (χ2n) is 3.48. The molecule has 4 N–H and O–H groups in total. The van der Waals surface area contributed by atoms with E-state index in [4.69, 9.17) is 16.7 Å². The van der Waals surface area contributed by atoms with Crippen molar-refractivity contribution in [1.82, 2.24) is 16.4 Å². The summed E-state index contributed by atoms with van der Waals surface area (Å²) in [7, 11) is 0. The van der Waals surface area contributed by atoms with Crippen LogP contribution in [0.5, 0.6) is 0 Å². The van der Waals surface area contributed by atoms with Crippen LogP contribution >= 0.6 is 11.6 Å². The standard InChI is InChI=1S/C11H10ClN3O2/c12-8-4-1-7(2-5-8)3-6-9-10(11(16)17)14-15-13-9/h1-2,4-5,9-10,13-15H,(H,16,17). The lowest BCUT2D eigenvalue weighted by molar-refractivity contribution is -0.139. The molecule has 1 aliphatic heterocycles. The number of carboxylic acid groups (broad SMARTS) is 1. The van der Waals surface area contributed by atoms with Crippen molar-refractivity contribution in [3.05, 3.63) is 34.9 Å². The molecule has 6 heteroatoms. The molecule has 2 unspecified atom stereocenters. The molecule has 0 aromatic heterocycles. The van der Waals surface area contributed by atoms with Crippen molar-refractivity contribution < 1.29 is 9.90 Å². The van der Waals surface area contributed by atoms with Gasteiger partial charge in [-0.25, -0.2) is 10.9 Å². The molecule has 88 valence electrons. The number of benzene rings is 1. The van der Waals surface area contributed by atoms with E-state index >= 15 is 0 Å². The summed E-state index contributed by atoms with van der Waals surface area (Å²) in [6.45, 7) is 0. The number of hydrogen-bond acceptors (Lipinski definition) is 4. The van der Waals surface area contributed by atoms with Crippen LogP contribution < -0.4 is 16.4 Å². The number of nitrogens with one attached hydrogen (secondary N) is 3. The largest absolute Gasteiger partial charge is 0.480 e. The Morgan fingerprint density at radius 3 is 2.65 bits per heavy atom. The predicted molar refractivity (Wildman–Crippen MR) is 62.9 cm³/mol. The van der Waals surface area contributed by atoms with Crippen molar-refractivity contribution in [3.63, 3.8) is 0 Å². The van der Waals surface area contributed by atoms with Crippen LogP contribution in [0.15, 0.2) is 24.3 Å². The molecule has 0 bridgehead atoms. The molecule has 0 radical (unpaired) electrons. The van der Waals surface area contributed by atoms with E-state index in [0.717, 1.165) is 5.56 Å². The van der Waals surface area contributed by atoms with Gasteiger partial charge in [0.15, 0.2) is 0 Å². The van der Waals surface area contributed by atoms with Crippen molar-refractivity contribution in [3.8, 4) is 11.8 Å². The lowest BCUT2D eigenvalue weighted by Crippen LogP contribution is -2.40. The maximum Gasteiger partial charge on any atom is 0.324 e. The normalized spacial score (nSPS) is 22.9. The van der Waals surface area contributed by atoms with Crippen LogP contribution in [0.25, 0.3) is 0 Å². The Labute approximate surface area is 103 Å². The molecule has 1 aliphatic rings. The number of hydrogen-bond donors (Lipinski definition) is 4. The molecule has 0 spiro atoms. The summed E-state index contributed by atoms with van der Waals surface area (Å²) >= 11 is 5.75. The third kappa shape index (κ3) is 2.96. The second kappa shape index (κ2) is 5.17. The van der Waals surface area contributed by atoms with Gasteiger partial charge in [0.2, 0.25) is 0 Å². The Hall–Kier alpha value is -1.58. The summed E-state index contributed by atoms with van der Waals surface area (Å²) in [5, 5.41) is 9.53. The first-order chi connectivity index (χ1) is 8.16. The quantitative estimate of drug-likeness (QED) is 0.534. The molecule has 1 saturated heterocycles. The first kappa shape index (κ1) is 11.9. The number of aliphatic carboxylic acids is 1. The van der Waals surface area contributed by atoms with Crippen molar-refractivity contribution in [2.45, 2.75) is 12.1 Å². The van der Waals surface area contributed by atoms with Crippen LogP contribution in [-0.2, 0) is 4.79 Å². The van der Waals surface area contributed by atoms with Gasteiger partial charge in [-0.3, -0.25) is 4.79 Å². The van der Waals surface area contributed by atoms with Crippen LogP contribution in [-0.4, -0.2) is 23.2 Å². The van der Waals surface area contributed by atoms with E-state index in [9.17, 15) is 4.79 Å². The fourth-order valence-corrected chi connectivity index (χ4v) is 1.51. The molecule has 2 rings (SSSR count). The Morgan fingerprint density at radius 2 is 2.00 bits per heavy atom. The topological polar surface area (TPSA) is 73.4 Å². The number of rotatable bonds is 1. The van der Waals surface area contributed by atoms with Crippen LogP contribution in [0.2, 0.25) is 5.02 Å².